The summed E-state index contributed by atoms with van der Waals surface area (Å²) >= 11 is 0. The van der Waals surface area contributed by atoms with Crippen molar-refractivity contribution >= 4 is 12.0 Å². The van der Waals surface area contributed by atoms with Crippen LogP contribution < -0.4 is 0 Å². The van der Waals surface area contributed by atoms with E-state index in [0.717, 1.165) is 31.6 Å². The Bertz CT molecular complexity index is 774. The van der Waals surface area contributed by atoms with Gasteiger partial charge in [-0.25, -0.2) is 8.78 Å². The number of carbonyl (C=O) groups is 1. The highest BCUT2D eigenvalue weighted by atomic mass is 19.1. The van der Waals surface area contributed by atoms with Crippen LogP contribution in [0.5, 0.6) is 0 Å². The molecule has 1 aliphatic rings. The van der Waals surface area contributed by atoms with Crippen molar-refractivity contribution in [3.63, 3.8) is 0 Å². The summed E-state index contributed by atoms with van der Waals surface area (Å²) in [5, 5.41) is 0. The van der Waals surface area contributed by atoms with Crippen LogP contribution in [0, 0.1) is 11.6 Å². The van der Waals surface area contributed by atoms with Crippen LogP contribution >= 0.6 is 0 Å². The van der Waals surface area contributed by atoms with Gasteiger partial charge in [-0.15, -0.1) is 0 Å². The van der Waals surface area contributed by atoms with Gasteiger partial charge in [0.05, 0.1) is 0 Å². The molecule has 3 rings (SSSR count). The first-order valence-electron chi connectivity index (χ1n) is 8.80. The van der Waals surface area contributed by atoms with E-state index in [4.69, 9.17) is 0 Å². The van der Waals surface area contributed by atoms with Crippen LogP contribution in [0.15, 0.2) is 54.6 Å². The SMILES string of the molecule is O=C(/C=C/c1ccccc1F)N1CCCN(Cc2ccc(F)cc2)CC1. The molecule has 0 atom stereocenters. The van der Waals surface area contributed by atoms with Gasteiger partial charge in [0, 0.05) is 44.4 Å². The van der Waals surface area contributed by atoms with Crippen LogP contribution in [-0.2, 0) is 11.3 Å². The summed E-state index contributed by atoms with van der Waals surface area (Å²) in [6.45, 7) is 3.70. The molecule has 0 aromatic heterocycles. The number of halogens is 2. The van der Waals surface area contributed by atoms with Crippen molar-refractivity contribution in [2.75, 3.05) is 26.2 Å². The smallest absolute Gasteiger partial charge is 0.246 e. The van der Waals surface area contributed by atoms with E-state index < -0.39 is 0 Å². The zero-order chi connectivity index (χ0) is 18.4. The van der Waals surface area contributed by atoms with E-state index in [9.17, 15) is 13.6 Å². The maximum Gasteiger partial charge on any atom is 0.246 e. The minimum atomic E-state index is -0.335. The molecule has 2 aromatic carbocycles. The molecule has 0 bridgehead atoms. The number of hydrogen-bond acceptors (Lipinski definition) is 2. The maximum atomic E-state index is 13.6. The molecule has 0 saturated carbocycles. The second-order valence-electron chi connectivity index (χ2n) is 6.44. The lowest BCUT2D eigenvalue weighted by Gasteiger charge is -2.21. The van der Waals surface area contributed by atoms with E-state index in [1.807, 2.05) is 0 Å². The molecule has 0 unspecified atom stereocenters. The molecule has 3 nitrogen and oxygen atoms in total. The van der Waals surface area contributed by atoms with E-state index >= 15 is 0 Å². The van der Waals surface area contributed by atoms with E-state index in [0.29, 0.717) is 18.7 Å². The van der Waals surface area contributed by atoms with E-state index in [1.165, 1.54) is 30.4 Å². The van der Waals surface area contributed by atoms with Crippen LogP contribution in [0.2, 0.25) is 0 Å². The molecule has 1 amide bonds. The molecule has 5 heteroatoms. The summed E-state index contributed by atoms with van der Waals surface area (Å²) < 4.78 is 26.6. The van der Waals surface area contributed by atoms with Crippen molar-refractivity contribution < 1.29 is 13.6 Å². The summed E-state index contributed by atoms with van der Waals surface area (Å²) in [5.74, 6) is -0.669. The first-order chi connectivity index (χ1) is 12.6. The van der Waals surface area contributed by atoms with Crippen molar-refractivity contribution in [2.45, 2.75) is 13.0 Å². The maximum absolute atomic E-state index is 13.6. The number of nitrogens with zero attached hydrogens (tertiary/aromatic N) is 2. The molecule has 0 radical (unpaired) electrons. The van der Waals surface area contributed by atoms with Gasteiger partial charge in [-0.05, 0) is 36.3 Å². The summed E-state index contributed by atoms with van der Waals surface area (Å²) in [5.41, 5.74) is 1.47. The van der Waals surface area contributed by atoms with Crippen LogP contribution in [-0.4, -0.2) is 41.9 Å². The number of amides is 1. The molecule has 0 aliphatic carbocycles. The van der Waals surface area contributed by atoms with E-state index in [-0.39, 0.29) is 17.5 Å². The largest absolute Gasteiger partial charge is 0.338 e. The van der Waals surface area contributed by atoms with Gasteiger partial charge in [0.1, 0.15) is 11.6 Å². The summed E-state index contributed by atoms with van der Waals surface area (Å²) in [6.07, 6.45) is 3.84. The molecule has 0 N–H and O–H groups in total. The van der Waals surface area contributed by atoms with Crippen molar-refractivity contribution in [3.8, 4) is 0 Å². The standard InChI is InChI=1S/C21H22F2N2O/c22-19-9-6-17(7-10-19)16-24-12-3-13-25(15-14-24)21(26)11-8-18-4-1-2-5-20(18)23/h1-2,4-11H,3,12-16H2/b11-8+. The van der Waals surface area contributed by atoms with Gasteiger partial charge in [-0.2, -0.15) is 0 Å². The van der Waals surface area contributed by atoms with Gasteiger partial charge >= 0.3 is 0 Å². The molecule has 26 heavy (non-hydrogen) atoms. The third-order valence-corrected chi connectivity index (χ3v) is 4.53. The summed E-state index contributed by atoms with van der Waals surface area (Å²) in [7, 11) is 0. The Hall–Kier alpha value is -2.53. The Balaban J connectivity index is 1.55. The zero-order valence-electron chi connectivity index (χ0n) is 14.6. The number of rotatable bonds is 4. The van der Waals surface area contributed by atoms with Crippen LogP contribution in [0.25, 0.3) is 6.08 Å². The van der Waals surface area contributed by atoms with Gasteiger partial charge in [0.25, 0.3) is 0 Å². The molecule has 1 fully saturated rings. The lowest BCUT2D eigenvalue weighted by Crippen LogP contribution is -2.34. The number of benzene rings is 2. The fourth-order valence-electron chi connectivity index (χ4n) is 3.07. The third-order valence-electron chi connectivity index (χ3n) is 4.53. The topological polar surface area (TPSA) is 23.6 Å². The van der Waals surface area contributed by atoms with Crippen molar-refractivity contribution in [2.24, 2.45) is 0 Å². The van der Waals surface area contributed by atoms with Gasteiger partial charge in [0.2, 0.25) is 5.91 Å². The van der Waals surface area contributed by atoms with E-state index in [2.05, 4.69) is 4.90 Å². The highest BCUT2D eigenvalue weighted by Gasteiger charge is 2.17. The lowest BCUT2D eigenvalue weighted by molar-refractivity contribution is -0.125. The second kappa shape index (κ2) is 8.72. The van der Waals surface area contributed by atoms with E-state index in [1.54, 1.807) is 35.2 Å². The molecule has 1 heterocycles. The monoisotopic (exact) mass is 356 g/mol. The highest BCUT2D eigenvalue weighted by Crippen LogP contribution is 2.12. The Labute approximate surface area is 152 Å². The average Bonchev–Trinajstić information content (AvgIpc) is 2.88. The average molecular weight is 356 g/mol. The quantitative estimate of drug-likeness (QED) is 0.780. The molecular weight excluding hydrogens is 334 g/mol. The zero-order valence-corrected chi connectivity index (χ0v) is 14.6. The summed E-state index contributed by atoms with van der Waals surface area (Å²) in [4.78, 5) is 16.5. The van der Waals surface area contributed by atoms with Crippen LogP contribution in [0.1, 0.15) is 17.5 Å². The molecule has 136 valence electrons. The van der Waals surface area contributed by atoms with Gasteiger partial charge < -0.3 is 4.90 Å². The fraction of sp³-hybridized carbons (Fsp3) is 0.286. The Morgan fingerprint density at radius 1 is 0.962 bits per heavy atom. The predicted molar refractivity (Wildman–Crippen MR) is 98.3 cm³/mol. The Morgan fingerprint density at radius 3 is 2.50 bits per heavy atom. The Morgan fingerprint density at radius 2 is 1.73 bits per heavy atom. The van der Waals surface area contributed by atoms with Gasteiger partial charge in [0.15, 0.2) is 0 Å². The fourth-order valence-corrected chi connectivity index (χ4v) is 3.07. The second-order valence-corrected chi connectivity index (χ2v) is 6.44. The molecular formula is C21H22F2N2O. The van der Waals surface area contributed by atoms with Crippen LogP contribution in [0.3, 0.4) is 0 Å². The molecule has 2 aromatic rings. The Kier molecular flexibility index (Phi) is 6.12. The normalized spacial score (nSPS) is 16.0. The lowest BCUT2D eigenvalue weighted by atomic mass is 10.2. The molecule has 0 spiro atoms. The molecule has 1 saturated heterocycles. The molecule has 1 aliphatic heterocycles. The first-order valence-corrected chi connectivity index (χ1v) is 8.80. The van der Waals surface area contributed by atoms with Crippen molar-refractivity contribution in [3.05, 3.63) is 77.4 Å². The highest BCUT2D eigenvalue weighted by molar-refractivity contribution is 5.91. The number of hydrogen-bond donors (Lipinski definition) is 0. The van der Waals surface area contributed by atoms with Crippen LogP contribution in [0.4, 0.5) is 8.78 Å². The predicted octanol–water partition coefficient (Wildman–Crippen LogP) is 3.71. The van der Waals surface area contributed by atoms with Crippen molar-refractivity contribution in [1.29, 1.82) is 0 Å². The minimum absolute atomic E-state index is 0.100. The first kappa shape index (κ1) is 18.3. The summed E-state index contributed by atoms with van der Waals surface area (Å²) in [6, 6.07) is 12.9. The number of carbonyl (C=O) groups excluding carboxylic acids is 1. The van der Waals surface area contributed by atoms with Gasteiger partial charge in [-0.1, -0.05) is 30.3 Å². The van der Waals surface area contributed by atoms with Crippen molar-refractivity contribution in [1.82, 2.24) is 9.80 Å². The minimum Gasteiger partial charge on any atom is -0.338 e. The third kappa shape index (κ3) is 4.99. The van der Waals surface area contributed by atoms with Gasteiger partial charge in [-0.3, -0.25) is 9.69 Å².